The molecule has 24 heavy (non-hydrogen) atoms. The van der Waals surface area contributed by atoms with Crippen LogP contribution in [0.25, 0.3) is 10.4 Å². The Morgan fingerprint density at radius 1 is 1.17 bits per heavy atom. The number of nitrogens with two attached hydrogens (primary N) is 1. The van der Waals surface area contributed by atoms with Gasteiger partial charge in [-0.3, -0.25) is 4.99 Å². The minimum absolute atomic E-state index is 0.113. The van der Waals surface area contributed by atoms with Gasteiger partial charge < -0.3 is 5.73 Å². The fourth-order valence-electron chi connectivity index (χ4n) is 3.44. The molecule has 2 N–H and O–H groups in total. The maximum atomic E-state index is 13.1. The smallest absolute Gasteiger partial charge is 0.154 e. The average Bonchev–Trinajstić information content (AvgIpc) is 3.03. The lowest BCUT2D eigenvalue weighted by Gasteiger charge is -2.36. The molecule has 1 aliphatic heterocycles. The van der Waals surface area contributed by atoms with Crippen molar-refractivity contribution in [2.45, 2.75) is 45.1 Å². The Balaban J connectivity index is 0.000000815. The van der Waals surface area contributed by atoms with Crippen molar-refractivity contribution in [2.75, 3.05) is 5.75 Å². The number of rotatable bonds is 1. The molecule has 0 saturated carbocycles. The number of fused-ring (bicyclic) bond motifs is 2. The molecule has 4 rings (SSSR count). The number of aryl methyl sites for hydroxylation is 1. The van der Waals surface area contributed by atoms with Gasteiger partial charge in [0.2, 0.25) is 0 Å². The number of aliphatic imine (C=N–C) groups is 1. The van der Waals surface area contributed by atoms with Crippen molar-refractivity contribution in [1.82, 2.24) is 0 Å². The Morgan fingerprint density at radius 3 is 2.62 bits per heavy atom. The zero-order chi connectivity index (χ0) is 17.2. The lowest BCUT2D eigenvalue weighted by atomic mass is 9.78. The van der Waals surface area contributed by atoms with Crippen LogP contribution in [0.2, 0.25) is 0 Å². The van der Waals surface area contributed by atoms with Crippen LogP contribution in [-0.2, 0) is 12.0 Å². The number of thiophene rings is 1. The van der Waals surface area contributed by atoms with Crippen LogP contribution >= 0.6 is 23.1 Å². The third kappa shape index (κ3) is 3.24. The summed E-state index contributed by atoms with van der Waals surface area (Å²) in [6.07, 6.45) is 4.43. The first-order chi connectivity index (χ1) is 11.7. The van der Waals surface area contributed by atoms with Crippen LogP contribution < -0.4 is 5.73 Å². The Hall–Kier alpha value is -1.33. The Morgan fingerprint density at radius 2 is 1.92 bits per heavy atom. The standard InChI is InChI=1S/C17H17FN2S2.C2H6/c18-12-5-3-11(4-6-12)15-10-13-14(22-15)2-1-7-17(13)8-9-21-16(19)20-17;1-2/h3-6,10H,1-2,7-9H2,(H2,19,20);1-2H3. The van der Waals surface area contributed by atoms with E-state index in [-0.39, 0.29) is 11.4 Å². The second-order valence-electron chi connectivity index (χ2n) is 5.89. The second kappa shape index (κ2) is 7.28. The maximum Gasteiger partial charge on any atom is 0.154 e. The van der Waals surface area contributed by atoms with Gasteiger partial charge >= 0.3 is 0 Å². The van der Waals surface area contributed by atoms with Gasteiger partial charge in [0.25, 0.3) is 0 Å². The van der Waals surface area contributed by atoms with Crippen LogP contribution in [0.3, 0.4) is 0 Å². The van der Waals surface area contributed by atoms with Gasteiger partial charge in [0, 0.05) is 15.5 Å². The quantitative estimate of drug-likeness (QED) is 0.721. The minimum atomic E-state index is -0.191. The molecular formula is C19H23FN2S2. The van der Waals surface area contributed by atoms with Crippen LogP contribution in [0, 0.1) is 5.82 Å². The van der Waals surface area contributed by atoms with Crippen LogP contribution in [0.15, 0.2) is 35.3 Å². The molecule has 2 nitrogen and oxygen atoms in total. The van der Waals surface area contributed by atoms with Gasteiger partial charge in [0.15, 0.2) is 5.17 Å². The molecule has 1 aliphatic carbocycles. The molecule has 1 unspecified atom stereocenters. The maximum absolute atomic E-state index is 13.1. The minimum Gasteiger partial charge on any atom is -0.379 e. The second-order valence-corrected chi connectivity index (χ2v) is 8.14. The molecule has 0 bridgehead atoms. The third-order valence-corrected chi connectivity index (χ3v) is 6.56. The fourth-order valence-corrected chi connectivity index (χ4v) is 5.63. The van der Waals surface area contributed by atoms with Gasteiger partial charge in [-0.1, -0.05) is 37.7 Å². The van der Waals surface area contributed by atoms with Crippen molar-refractivity contribution in [3.8, 4) is 10.4 Å². The van der Waals surface area contributed by atoms with Crippen molar-refractivity contribution in [2.24, 2.45) is 10.7 Å². The number of benzene rings is 1. The molecule has 128 valence electrons. The summed E-state index contributed by atoms with van der Waals surface area (Å²) in [6, 6.07) is 9.02. The predicted molar refractivity (Wildman–Crippen MR) is 104 cm³/mol. The lowest BCUT2D eigenvalue weighted by molar-refractivity contribution is 0.368. The summed E-state index contributed by atoms with van der Waals surface area (Å²) in [5.41, 5.74) is 8.33. The Kier molecular flexibility index (Phi) is 5.30. The zero-order valence-electron chi connectivity index (χ0n) is 14.1. The number of amidine groups is 1. The number of thioether (sulfide) groups is 1. The van der Waals surface area contributed by atoms with E-state index >= 15 is 0 Å². The van der Waals surface area contributed by atoms with Gasteiger partial charge in [-0.2, -0.15) is 0 Å². The topological polar surface area (TPSA) is 38.4 Å². The van der Waals surface area contributed by atoms with Crippen molar-refractivity contribution < 1.29 is 4.39 Å². The molecule has 1 atom stereocenters. The summed E-state index contributed by atoms with van der Waals surface area (Å²) in [5.74, 6) is 0.847. The largest absolute Gasteiger partial charge is 0.379 e. The molecule has 0 radical (unpaired) electrons. The lowest BCUT2D eigenvalue weighted by Crippen LogP contribution is -2.34. The van der Waals surface area contributed by atoms with Gasteiger partial charge in [0.1, 0.15) is 5.82 Å². The highest BCUT2D eigenvalue weighted by Crippen LogP contribution is 2.48. The molecule has 1 spiro atoms. The number of hydrogen-bond donors (Lipinski definition) is 1. The van der Waals surface area contributed by atoms with Crippen LogP contribution in [-0.4, -0.2) is 10.9 Å². The molecule has 1 aromatic heterocycles. The Labute approximate surface area is 151 Å². The highest BCUT2D eigenvalue weighted by Gasteiger charge is 2.39. The van der Waals surface area contributed by atoms with E-state index in [1.54, 1.807) is 11.8 Å². The molecule has 2 aliphatic rings. The van der Waals surface area contributed by atoms with Gasteiger partial charge in [-0.25, -0.2) is 4.39 Å². The average molecular weight is 363 g/mol. The highest BCUT2D eigenvalue weighted by atomic mass is 32.2. The first-order valence-corrected chi connectivity index (χ1v) is 10.3. The van der Waals surface area contributed by atoms with E-state index in [4.69, 9.17) is 10.7 Å². The molecule has 0 amide bonds. The molecule has 0 fully saturated rings. The summed E-state index contributed by atoms with van der Waals surface area (Å²) in [5, 5.41) is 0.716. The summed E-state index contributed by atoms with van der Waals surface area (Å²) in [7, 11) is 0. The van der Waals surface area contributed by atoms with Crippen molar-refractivity contribution in [1.29, 1.82) is 0 Å². The molecule has 0 saturated heterocycles. The first kappa shape index (κ1) is 17.5. The van der Waals surface area contributed by atoms with Crippen molar-refractivity contribution in [3.63, 3.8) is 0 Å². The summed E-state index contributed by atoms with van der Waals surface area (Å²) >= 11 is 3.48. The molecule has 1 aromatic carbocycles. The SMILES string of the molecule is CC.NC1=NC2(CCCc3sc(-c4ccc(F)cc4)cc32)CCS1. The van der Waals surface area contributed by atoms with Crippen LogP contribution in [0.1, 0.15) is 43.6 Å². The van der Waals surface area contributed by atoms with Gasteiger partial charge in [-0.15, -0.1) is 11.3 Å². The summed E-state index contributed by atoms with van der Waals surface area (Å²) < 4.78 is 13.1. The zero-order valence-corrected chi connectivity index (χ0v) is 15.8. The van der Waals surface area contributed by atoms with Gasteiger partial charge in [0.05, 0.1) is 5.54 Å². The number of hydrogen-bond acceptors (Lipinski definition) is 4. The molecule has 2 heterocycles. The van der Waals surface area contributed by atoms with E-state index in [0.717, 1.165) is 37.0 Å². The summed E-state index contributed by atoms with van der Waals surface area (Å²) in [4.78, 5) is 7.47. The van der Waals surface area contributed by atoms with E-state index in [0.29, 0.717) is 5.17 Å². The van der Waals surface area contributed by atoms with E-state index in [1.807, 2.05) is 37.3 Å². The van der Waals surface area contributed by atoms with Gasteiger partial charge in [-0.05, 0) is 55.0 Å². The normalized spacial score (nSPS) is 22.4. The monoisotopic (exact) mass is 362 g/mol. The number of nitrogens with zero attached hydrogens (tertiary/aromatic N) is 1. The van der Waals surface area contributed by atoms with E-state index in [1.165, 1.54) is 27.5 Å². The molecule has 2 aromatic rings. The Bertz CT molecular complexity index is 736. The fraction of sp³-hybridized carbons (Fsp3) is 0.421. The van der Waals surface area contributed by atoms with Crippen LogP contribution in [0.4, 0.5) is 4.39 Å². The molecule has 5 heteroatoms. The van der Waals surface area contributed by atoms with Crippen LogP contribution in [0.5, 0.6) is 0 Å². The van der Waals surface area contributed by atoms with E-state index in [2.05, 4.69) is 6.07 Å². The van der Waals surface area contributed by atoms with E-state index < -0.39 is 0 Å². The van der Waals surface area contributed by atoms with Crippen molar-refractivity contribution >= 4 is 28.3 Å². The number of halogens is 1. The van der Waals surface area contributed by atoms with E-state index in [9.17, 15) is 4.39 Å². The first-order valence-electron chi connectivity index (χ1n) is 8.54. The predicted octanol–water partition coefficient (Wildman–Crippen LogP) is 5.56. The highest BCUT2D eigenvalue weighted by molar-refractivity contribution is 8.13. The third-order valence-electron chi connectivity index (χ3n) is 4.52. The summed E-state index contributed by atoms with van der Waals surface area (Å²) in [6.45, 7) is 4.00. The van der Waals surface area contributed by atoms with Crippen molar-refractivity contribution in [3.05, 3.63) is 46.6 Å². The molecular weight excluding hydrogens is 339 g/mol.